The molecule has 0 radical (unpaired) electrons. The number of ether oxygens (including phenoxy) is 1. The van der Waals surface area contributed by atoms with E-state index in [4.69, 9.17) is 14.9 Å². The van der Waals surface area contributed by atoms with Crippen LogP contribution < -0.4 is 4.74 Å². The molecule has 0 aliphatic carbocycles. The van der Waals surface area contributed by atoms with Crippen LogP contribution in [0.25, 0.3) is 0 Å². The lowest BCUT2D eigenvalue weighted by Gasteiger charge is -2.10. The molecular weight excluding hydrogens is 200 g/mol. The van der Waals surface area contributed by atoms with Crippen LogP contribution in [0, 0.1) is 6.92 Å². The number of aryl methyl sites for hydroxylation is 1. The van der Waals surface area contributed by atoms with E-state index in [1.165, 1.54) is 19.2 Å². The first-order valence-corrected chi connectivity index (χ1v) is 4.13. The van der Waals surface area contributed by atoms with Crippen molar-refractivity contribution in [3.63, 3.8) is 0 Å². The molecule has 80 valence electrons. The first-order valence-electron chi connectivity index (χ1n) is 4.13. The van der Waals surface area contributed by atoms with Gasteiger partial charge in [-0.3, -0.25) is 0 Å². The smallest absolute Gasteiger partial charge is 0.340 e. The van der Waals surface area contributed by atoms with Gasteiger partial charge in [-0.25, -0.2) is 9.59 Å². The predicted octanol–water partition coefficient (Wildman–Crippen LogP) is 1.40. The highest BCUT2D eigenvalue weighted by atomic mass is 16.5. The molecule has 15 heavy (non-hydrogen) atoms. The van der Waals surface area contributed by atoms with Crippen molar-refractivity contribution >= 4 is 11.9 Å². The van der Waals surface area contributed by atoms with Crippen molar-refractivity contribution in [1.29, 1.82) is 0 Å². The molecule has 0 unspecified atom stereocenters. The number of carbonyl (C=O) groups is 2. The van der Waals surface area contributed by atoms with Crippen molar-refractivity contribution in [3.8, 4) is 5.75 Å². The molecule has 1 rings (SSSR count). The molecule has 0 spiro atoms. The average Bonchev–Trinajstić information content (AvgIpc) is 2.16. The zero-order valence-corrected chi connectivity index (χ0v) is 8.27. The fourth-order valence-corrected chi connectivity index (χ4v) is 1.34. The summed E-state index contributed by atoms with van der Waals surface area (Å²) >= 11 is 0. The Balaban J connectivity index is 3.56. The molecule has 0 saturated carbocycles. The highest BCUT2D eigenvalue weighted by molar-refractivity contribution is 6.04. The summed E-state index contributed by atoms with van der Waals surface area (Å²) in [5.74, 6) is -2.51. The minimum Gasteiger partial charge on any atom is -0.496 e. The number of benzene rings is 1. The molecule has 0 amide bonds. The van der Waals surface area contributed by atoms with E-state index in [9.17, 15) is 9.59 Å². The standard InChI is InChI=1S/C10H10O5/c1-5-3-4-6(9(11)12)7(10(13)14)8(5)15-2/h3-4H,1-2H3,(H,11,12)(H,13,14). The van der Waals surface area contributed by atoms with Gasteiger partial charge in [-0.2, -0.15) is 0 Å². The maximum absolute atomic E-state index is 10.9. The average molecular weight is 210 g/mol. The number of aromatic carboxylic acids is 2. The second kappa shape index (κ2) is 4.00. The van der Waals surface area contributed by atoms with Gasteiger partial charge < -0.3 is 14.9 Å². The number of hydrogen-bond acceptors (Lipinski definition) is 3. The number of methoxy groups -OCH3 is 1. The van der Waals surface area contributed by atoms with E-state index >= 15 is 0 Å². The van der Waals surface area contributed by atoms with Gasteiger partial charge in [0.25, 0.3) is 0 Å². The van der Waals surface area contributed by atoms with Crippen LogP contribution in [0.3, 0.4) is 0 Å². The van der Waals surface area contributed by atoms with Crippen molar-refractivity contribution in [3.05, 3.63) is 28.8 Å². The van der Waals surface area contributed by atoms with Crippen LogP contribution in [0.5, 0.6) is 5.75 Å². The van der Waals surface area contributed by atoms with E-state index in [1.807, 2.05) is 0 Å². The molecule has 0 atom stereocenters. The SMILES string of the molecule is COc1c(C)ccc(C(=O)O)c1C(=O)O. The molecule has 0 aromatic heterocycles. The minimum atomic E-state index is -1.31. The lowest BCUT2D eigenvalue weighted by atomic mass is 10.0. The molecular formula is C10H10O5. The van der Waals surface area contributed by atoms with E-state index in [0.717, 1.165) is 0 Å². The summed E-state index contributed by atoms with van der Waals surface area (Å²) in [5, 5.41) is 17.7. The molecule has 0 saturated heterocycles. The summed E-state index contributed by atoms with van der Waals surface area (Å²) < 4.78 is 4.88. The number of carboxylic acid groups (broad SMARTS) is 2. The maximum Gasteiger partial charge on any atom is 0.340 e. The first kappa shape index (κ1) is 11.0. The predicted molar refractivity (Wildman–Crippen MR) is 51.6 cm³/mol. The number of rotatable bonds is 3. The summed E-state index contributed by atoms with van der Waals surface area (Å²) in [6, 6.07) is 2.76. The third-order valence-electron chi connectivity index (χ3n) is 2.00. The summed E-state index contributed by atoms with van der Waals surface area (Å²) in [5.41, 5.74) is -0.00477. The van der Waals surface area contributed by atoms with Gasteiger partial charge in [-0.05, 0) is 18.6 Å². The number of hydrogen-bond donors (Lipinski definition) is 2. The lowest BCUT2D eigenvalue weighted by Crippen LogP contribution is -2.10. The summed E-state index contributed by atoms with van der Waals surface area (Å²) in [4.78, 5) is 21.7. The molecule has 1 aromatic rings. The van der Waals surface area contributed by atoms with Gasteiger partial charge in [0.1, 0.15) is 11.3 Å². The van der Waals surface area contributed by atoms with Gasteiger partial charge in [0.05, 0.1) is 12.7 Å². The van der Waals surface area contributed by atoms with E-state index in [1.54, 1.807) is 6.92 Å². The van der Waals surface area contributed by atoms with Crippen LogP contribution in [0.1, 0.15) is 26.3 Å². The highest BCUT2D eigenvalue weighted by Gasteiger charge is 2.22. The van der Waals surface area contributed by atoms with Gasteiger partial charge in [0.15, 0.2) is 0 Å². The third kappa shape index (κ3) is 1.90. The Hall–Kier alpha value is -2.04. The molecule has 0 heterocycles. The quantitative estimate of drug-likeness (QED) is 0.787. The van der Waals surface area contributed by atoms with Gasteiger partial charge in [-0.1, -0.05) is 6.07 Å². The molecule has 5 nitrogen and oxygen atoms in total. The zero-order valence-electron chi connectivity index (χ0n) is 8.27. The van der Waals surface area contributed by atoms with E-state index in [2.05, 4.69) is 0 Å². The van der Waals surface area contributed by atoms with Crippen LogP contribution in [0.4, 0.5) is 0 Å². The third-order valence-corrected chi connectivity index (χ3v) is 2.00. The Kier molecular flexibility index (Phi) is 2.94. The van der Waals surface area contributed by atoms with E-state index < -0.39 is 11.9 Å². The number of carboxylic acids is 2. The van der Waals surface area contributed by atoms with Crippen molar-refractivity contribution < 1.29 is 24.5 Å². The summed E-state index contributed by atoms with van der Waals surface area (Å²) in [7, 11) is 1.31. The highest BCUT2D eigenvalue weighted by Crippen LogP contribution is 2.26. The van der Waals surface area contributed by atoms with Gasteiger partial charge in [0, 0.05) is 0 Å². The Morgan fingerprint density at radius 1 is 1.20 bits per heavy atom. The monoisotopic (exact) mass is 210 g/mol. The second-order valence-electron chi connectivity index (χ2n) is 2.95. The zero-order chi connectivity index (χ0) is 11.6. The fourth-order valence-electron chi connectivity index (χ4n) is 1.34. The Bertz CT molecular complexity index is 422. The van der Waals surface area contributed by atoms with Gasteiger partial charge in [0.2, 0.25) is 0 Å². The van der Waals surface area contributed by atoms with Crippen LogP contribution in [-0.4, -0.2) is 29.3 Å². The van der Waals surface area contributed by atoms with Crippen LogP contribution in [0.2, 0.25) is 0 Å². The first-order chi connectivity index (χ1) is 6.99. The fraction of sp³-hybridized carbons (Fsp3) is 0.200. The Morgan fingerprint density at radius 3 is 2.20 bits per heavy atom. The Labute approximate surface area is 85.9 Å². The lowest BCUT2D eigenvalue weighted by molar-refractivity contribution is 0.0648. The van der Waals surface area contributed by atoms with Crippen LogP contribution in [0.15, 0.2) is 12.1 Å². The molecule has 0 fully saturated rings. The largest absolute Gasteiger partial charge is 0.496 e. The van der Waals surface area contributed by atoms with Crippen molar-refractivity contribution in [1.82, 2.24) is 0 Å². The molecule has 5 heteroatoms. The topological polar surface area (TPSA) is 83.8 Å². The van der Waals surface area contributed by atoms with Crippen LogP contribution in [-0.2, 0) is 0 Å². The molecule has 1 aromatic carbocycles. The van der Waals surface area contributed by atoms with Crippen LogP contribution >= 0.6 is 0 Å². The van der Waals surface area contributed by atoms with Gasteiger partial charge >= 0.3 is 11.9 Å². The van der Waals surface area contributed by atoms with Crippen molar-refractivity contribution in [2.45, 2.75) is 6.92 Å². The molecule has 2 N–H and O–H groups in total. The van der Waals surface area contributed by atoms with Crippen molar-refractivity contribution in [2.75, 3.05) is 7.11 Å². The second-order valence-corrected chi connectivity index (χ2v) is 2.95. The molecule has 0 aliphatic rings. The van der Waals surface area contributed by atoms with Crippen molar-refractivity contribution in [2.24, 2.45) is 0 Å². The molecule has 0 bridgehead atoms. The normalized spacial score (nSPS) is 9.73. The minimum absolute atomic E-state index is 0.0856. The van der Waals surface area contributed by atoms with E-state index in [-0.39, 0.29) is 16.9 Å². The Morgan fingerprint density at radius 2 is 1.80 bits per heavy atom. The van der Waals surface area contributed by atoms with Gasteiger partial charge in [-0.15, -0.1) is 0 Å². The van der Waals surface area contributed by atoms with E-state index in [0.29, 0.717) is 5.56 Å². The summed E-state index contributed by atoms with van der Waals surface area (Å²) in [6.45, 7) is 1.65. The maximum atomic E-state index is 10.9. The summed E-state index contributed by atoms with van der Waals surface area (Å²) in [6.07, 6.45) is 0. The molecule has 0 aliphatic heterocycles.